The average Bonchev–Trinajstić information content (AvgIpc) is 2.96. The van der Waals surface area contributed by atoms with Crippen LogP contribution in [-0.4, -0.2) is 41.0 Å². The van der Waals surface area contributed by atoms with Crippen molar-refractivity contribution < 1.29 is 14.4 Å². The Kier molecular flexibility index (Phi) is 5.79. The van der Waals surface area contributed by atoms with Gasteiger partial charge in [0.15, 0.2) is 5.82 Å². The molecule has 108 valence electrons. The number of hydrogen-bond acceptors (Lipinski definition) is 6. The molecule has 0 saturated heterocycles. The molecular formula is C13H16ClN3O3. The van der Waals surface area contributed by atoms with E-state index >= 15 is 0 Å². The van der Waals surface area contributed by atoms with E-state index in [1.54, 1.807) is 12.1 Å². The molecule has 1 aromatic carbocycles. The van der Waals surface area contributed by atoms with Crippen molar-refractivity contribution in [1.29, 1.82) is 0 Å². The van der Waals surface area contributed by atoms with Gasteiger partial charge in [0, 0.05) is 19.5 Å². The van der Waals surface area contributed by atoms with Crippen LogP contribution >= 0.6 is 11.6 Å². The number of benzene rings is 1. The summed E-state index contributed by atoms with van der Waals surface area (Å²) in [5.41, 5.74) is 0. The van der Waals surface area contributed by atoms with E-state index in [9.17, 15) is 5.11 Å². The zero-order valence-corrected chi connectivity index (χ0v) is 11.6. The number of nitrogens with zero attached hydrogens (tertiary/aromatic N) is 2. The van der Waals surface area contributed by atoms with Crippen molar-refractivity contribution in [3.8, 4) is 5.75 Å². The zero-order valence-electron chi connectivity index (χ0n) is 10.8. The molecule has 0 spiro atoms. The van der Waals surface area contributed by atoms with Gasteiger partial charge in [-0.1, -0.05) is 28.9 Å². The van der Waals surface area contributed by atoms with Gasteiger partial charge in [-0.15, -0.1) is 0 Å². The molecule has 20 heavy (non-hydrogen) atoms. The highest BCUT2D eigenvalue weighted by Crippen LogP contribution is 2.22. The van der Waals surface area contributed by atoms with E-state index in [4.69, 9.17) is 16.3 Å². The molecule has 2 aromatic rings. The summed E-state index contributed by atoms with van der Waals surface area (Å²) in [6, 6.07) is 7.16. The third-order valence-electron chi connectivity index (χ3n) is 2.58. The Labute approximate surface area is 121 Å². The molecule has 0 aliphatic rings. The van der Waals surface area contributed by atoms with E-state index in [0.29, 0.717) is 36.1 Å². The van der Waals surface area contributed by atoms with E-state index in [-0.39, 0.29) is 6.61 Å². The van der Waals surface area contributed by atoms with E-state index < -0.39 is 6.10 Å². The average molecular weight is 298 g/mol. The van der Waals surface area contributed by atoms with Crippen LogP contribution in [0.4, 0.5) is 0 Å². The lowest BCUT2D eigenvalue weighted by Crippen LogP contribution is -2.32. The summed E-state index contributed by atoms with van der Waals surface area (Å²) in [7, 11) is 0. The molecule has 0 bridgehead atoms. The molecule has 2 N–H and O–H groups in total. The number of aliphatic hydroxyl groups excluding tert-OH is 1. The number of ether oxygens (including phenoxy) is 1. The van der Waals surface area contributed by atoms with Gasteiger partial charge in [-0.2, -0.15) is 4.98 Å². The normalized spacial score (nSPS) is 12.3. The summed E-state index contributed by atoms with van der Waals surface area (Å²) >= 11 is 5.95. The Morgan fingerprint density at radius 1 is 1.40 bits per heavy atom. The van der Waals surface area contributed by atoms with Crippen molar-refractivity contribution in [2.75, 3.05) is 19.7 Å². The standard InChI is InChI=1S/C13H16ClN3O3/c14-11-3-1-2-4-12(11)19-8-10(18)7-15-6-5-13-16-9-20-17-13/h1-4,9-10,15,18H,5-8H2. The second-order valence-electron chi connectivity index (χ2n) is 4.20. The van der Waals surface area contributed by atoms with Crippen molar-refractivity contribution in [2.45, 2.75) is 12.5 Å². The maximum atomic E-state index is 9.78. The number of para-hydroxylation sites is 1. The largest absolute Gasteiger partial charge is 0.489 e. The molecule has 0 saturated carbocycles. The van der Waals surface area contributed by atoms with Crippen LogP contribution < -0.4 is 10.1 Å². The highest BCUT2D eigenvalue weighted by molar-refractivity contribution is 6.32. The highest BCUT2D eigenvalue weighted by Gasteiger charge is 2.07. The minimum atomic E-state index is -0.614. The van der Waals surface area contributed by atoms with Gasteiger partial charge in [0.2, 0.25) is 6.39 Å². The van der Waals surface area contributed by atoms with Crippen molar-refractivity contribution in [3.05, 3.63) is 41.5 Å². The fourth-order valence-corrected chi connectivity index (χ4v) is 1.77. The lowest BCUT2D eigenvalue weighted by Gasteiger charge is -2.13. The predicted molar refractivity (Wildman–Crippen MR) is 73.8 cm³/mol. The number of hydrogen-bond donors (Lipinski definition) is 2. The minimum Gasteiger partial charge on any atom is -0.489 e. The monoisotopic (exact) mass is 297 g/mol. The molecule has 1 unspecified atom stereocenters. The fourth-order valence-electron chi connectivity index (χ4n) is 1.58. The summed E-state index contributed by atoms with van der Waals surface area (Å²) in [5.74, 6) is 1.21. The van der Waals surface area contributed by atoms with Crippen LogP contribution in [-0.2, 0) is 6.42 Å². The molecule has 0 aliphatic carbocycles. The molecule has 0 aliphatic heterocycles. The van der Waals surface area contributed by atoms with E-state index in [1.807, 2.05) is 12.1 Å². The third-order valence-corrected chi connectivity index (χ3v) is 2.89. The topological polar surface area (TPSA) is 80.4 Å². The maximum absolute atomic E-state index is 9.78. The first-order valence-corrected chi connectivity index (χ1v) is 6.65. The van der Waals surface area contributed by atoms with Gasteiger partial charge >= 0.3 is 0 Å². The Morgan fingerprint density at radius 3 is 3.00 bits per heavy atom. The number of aromatic nitrogens is 2. The lowest BCUT2D eigenvalue weighted by atomic mass is 10.3. The molecule has 1 heterocycles. The van der Waals surface area contributed by atoms with Gasteiger partial charge in [0.1, 0.15) is 18.5 Å². The van der Waals surface area contributed by atoms with Crippen LogP contribution in [0.2, 0.25) is 5.02 Å². The Balaban J connectivity index is 1.61. The second-order valence-corrected chi connectivity index (χ2v) is 4.60. The van der Waals surface area contributed by atoms with Gasteiger partial charge in [-0.25, -0.2) is 0 Å². The summed E-state index contributed by atoms with van der Waals surface area (Å²) in [5, 5.41) is 17.1. The summed E-state index contributed by atoms with van der Waals surface area (Å²) < 4.78 is 10.1. The van der Waals surface area contributed by atoms with Crippen molar-refractivity contribution in [3.63, 3.8) is 0 Å². The first kappa shape index (κ1) is 14.8. The predicted octanol–water partition coefficient (Wildman–Crippen LogP) is 1.29. The number of halogens is 1. The van der Waals surface area contributed by atoms with Crippen LogP contribution in [0, 0.1) is 0 Å². The number of nitrogens with one attached hydrogen (secondary N) is 1. The van der Waals surface area contributed by atoms with E-state index in [1.165, 1.54) is 6.39 Å². The fraction of sp³-hybridized carbons (Fsp3) is 0.385. The minimum absolute atomic E-state index is 0.180. The molecule has 0 amide bonds. The van der Waals surface area contributed by atoms with Gasteiger partial charge < -0.3 is 19.7 Å². The molecule has 1 aromatic heterocycles. The van der Waals surface area contributed by atoms with Crippen molar-refractivity contribution in [1.82, 2.24) is 15.5 Å². The van der Waals surface area contributed by atoms with Crippen LogP contribution in [0.5, 0.6) is 5.75 Å². The van der Waals surface area contributed by atoms with Crippen LogP contribution in [0.25, 0.3) is 0 Å². The van der Waals surface area contributed by atoms with E-state index in [2.05, 4.69) is 20.0 Å². The SMILES string of the molecule is OC(CNCCc1ncon1)COc1ccccc1Cl. The zero-order chi connectivity index (χ0) is 14.2. The van der Waals surface area contributed by atoms with Gasteiger partial charge in [-0.3, -0.25) is 0 Å². The number of rotatable bonds is 8. The number of aliphatic hydroxyl groups is 1. The van der Waals surface area contributed by atoms with Crippen molar-refractivity contribution in [2.24, 2.45) is 0 Å². The summed E-state index contributed by atoms with van der Waals surface area (Å²) in [4.78, 5) is 3.90. The smallest absolute Gasteiger partial charge is 0.213 e. The van der Waals surface area contributed by atoms with Crippen molar-refractivity contribution >= 4 is 11.6 Å². The molecule has 0 fully saturated rings. The lowest BCUT2D eigenvalue weighted by molar-refractivity contribution is 0.106. The third kappa shape index (κ3) is 4.80. The van der Waals surface area contributed by atoms with Gasteiger partial charge in [0.05, 0.1) is 5.02 Å². The van der Waals surface area contributed by atoms with Gasteiger partial charge in [0.25, 0.3) is 0 Å². The first-order chi connectivity index (χ1) is 9.75. The van der Waals surface area contributed by atoms with E-state index in [0.717, 1.165) is 0 Å². The quantitative estimate of drug-likeness (QED) is 0.715. The van der Waals surface area contributed by atoms with Crippen LogP contribution in [0.3, 0.4) is 0 Å². The molecule has 2 rings (SSSR count). The Hall–Kier alpha value is -1.63. The maximum Gasteiger partial charge on any atom is 0.213 e. The molecule has 1 atom stereocenters. The second kappa shape index (κ2) is 7.84. The molecule has 0 radical (unpaired) electrons. The first-order valence-electron chi connectivity index (χ1n) is 6.27. The highest BCUT2D eigenvalue weighted by atomic mass is 35.5. The summed E-state index contributed by atoms with van der Waals surface area (Å²) in [6.07, 6.45) is 1.33. The molecule has 7 heteroatoms. The molecule has 6 nitrogen and oxygen atoms in total. The van der Waals surface area contributed by atoms with Gasteiger partial charge in [-0.05, 0) is 12.1 Å². The Bertz CT molecular complexity index is 507. The van der Waals surface area contributed by atoms with Crippen LogP contribution in [0.15, 0.2) is 35.2 Å². The Morgan fingerprint density at radius 2 is 2.25 bits per heavy atom. The van der Waals surface area contributed by atoms with Crippen LogP contribution in [0.1, 0.15) is 5.82 Å². The summed E-state index contributed by atoms with van der Waals surface area (Å²) in [6.45, 7) is 1.25. The molecular weight excluding hydrogens is 282 g/mol.